The number of amides is 1. The van der Waals surface area contributed by atoms with Gasteiger partial charge < -0.3 is 20.1 Å². The second-order valence-corrected chi connectivity index (χ2v) is 4.81. The lowest BCUT2D eigenvalue weighted by atomic mass is 10.1. The lowest BCUT2D eigenvalue weighted by Crippen LogP contribution is -2.26. The minimum absolute atomic E-state index is 0.114. The molecule has 0 spiro atoms. The predicted octanol–water partition coefficient (Wildman–Crippen LogP) is 2.32. The summed E-state index contributed by atoms with van der Waals surface area (Å²) in [5, 5.41) is 0. The molecule has 1 aliphatic heterocycles. The zero-order valence-corrected chi connectivity index (χ0v) is 11.7. The van der Waals surface area contributed by atoms with E-state index in [-0.39, 0.29) is 5.91 Å². The van der Waals surface area contributed by atoms with Crippen molar-refractivity contribution in [1.82, 2.24) is 0 Å². The van der Waals surface area contributed by atoms with Crippen LogP contribution in [0.2, 0.25) is 0 Å². The minimum Gasteiger partial charge on any atom is -0.486 e. The van der Waals surface area contributed by atoms with Gasteiger partial charge in [0.2, 0.25) is 0 Å². The fourth-order valence-corrected chi connectivity index (χ4v) is 2.19. The first-order chi connectivity index (χ1) is 10.1. The highest BCUT2D eigenvalue weighted by Crippen LogP contribution is 2.31. The van der Waals surface area contributed by atoms with Gasteiger partial charge in [-0.1, -0.05) is 0 Å². The van der Waals surface area contributed by atoms with Crippen LogP contribution in [0.4, 0.5) is 11.4 Å². The van der Waals surface area contributed by atoms with Gasteiger partial charge in [0, 0.05) is 24.0 Å². The highest BCUT2D eigenvalue weighted by Gasteiger charge is 2.18. The lowest BCUT2D eigenvalue weighted by Gasteiger charge is -2.21. The van der Waals surface area contributed by atoms with Crippen molar-refractivity contribution in [2.75, 3.05) is 30.9 Å². The van der Waals surface area contributed by atoms with Gasteiger partial charge in [0.1, 0.15) is 13.2 Å². The number of ether oxygens (including phenoxy) is 2. The third kappa shape index (κ3) is 2.63. The number of carbonyl (C=O) groups is 1. The predicted molar refractivity (Wildman–Crippen MR) is 81.0 cm³/mol. The molecule has 21 heavy (non-hydrogen) atoms. The SMILES string of the molecule is CN(C(=O)c1ccc2c(c1)OCCO2)c1ccc(N)cc1. The Morgan fingerprint density at radius 1 is 1.05 bits per heavy atom. The van der Waals surface area contributed by atoms with Crippen molar-refractivity contribution in [3.63, 3.8) is 0 Å². The highest BCUT2D eigenvalue weighted by atomic mass is 16.6. The molecule has 0 aliphatic carbocycles. The summed E-state index contributed by atoms with van der Waals surface area (Å²) in [6, 6.07) is 12.4. The zero-order chi connectivity index (χ0) is 14.8. The molecule has 0 saturated heterocycles. The molecule has 5 nitrogen and oxygen atoms in total. The average Bonchev–Trinajstić information content (AvgIpc) is 2.54. The second-order valence-electron chi connectivity index (χ2n) is 4.81. The summed E-state index contributed by atoms with van der Waals surface area (Å²) in [4.78, 5) is 14.1. The van der Waals surface area contributed by atoms with Gasteiger partial charge in [0.25, 0.3) is 5.91 Å². The molecule has 0 aromatic heterocycles. The molecule has 0 saturated carbocycles. The fourth-order valence-electron chi connectivity index (χ4n) is 2.19. The van der Waals surface area contributed by atoms with Crippen LogP contribution in [0.5, 0.6) is 11.5 Å². The molecule has 0 unspecified atom stereocenters. The Morgan fingerprint density at radius 2 is 1.71 bits per heavy atom. The van der Waals surface area contributed by atoms with Crippen LogP contribution >= 0.6 is 0 Å². The molecule has 1 heterocycles. The van der Waals surface area contributed by atoms with Crippen LogP contribution in [0, 0.1) is 0 Å². The Kier molecular flexibility index (Phi) is 3.39. The standard InChI is InChI=1S/C16H16N2O3/c1-18(13-5-3-12(17)4-6-13)16(19)11-2-7-14-15(10-11)21-9-8-20-14/h2-7,10H,8-9,17H2,1H3. The van der Waals surface area contributed by atoms with Crippen molar-refractivity contribution in [3.05, 3.63) is 48.0 Å². The van der Waals surface area contributed by atoms with Gasteiger partial charge in [-0.15, -0.1) is 0 Å². The van der Waals surface area contributed by atoms with Gasteiger partial charge in [-0.3, -0.25) is 4.79 Å². The molecular formula is C16H16N2O3. The summed E-state index contributed by atoms with van der Waals surface area (Å²) in [5.74, 6) is 1.17. The maximum absolute atomic E-state index is 12.5. The van der Waals surface area contributed by atoms with Gasteiger partial charge in [-0.05, 0) is 42.5 Å². The van der Waals surface area contributed by atoms with Crippen LogP contribution in [-0.4, -0.2) is 26.2 Å². The number of rotatable bonds is 2. The Morgan fingerprint density at radius 3 is 2.43 bits per heavy atom. The van der Waals surface area contributed by atoms with Crippen molar-refractivity contribution >= 4 is 17.3 Å². The number of nitrogen functional groups attached to an aromatic ring is 1. The van der Waals surface area contributed by atoms with Crippen LogP contribution < -0.4 is 20.1 Å². The van der Waals surface area contributed by atoms with Gasteiger partial charge in [0.15, 0.2) is 11.5 Å². The summed E-state index contributed by atoms with van der Waals surface area (Å²) in [5.41, 5.74) is 7.66. The van der Waals surface area contributed by atoms with Crippen molar-refractivity contribution in [3.8, 4) is 11.5 Å². The zero-order valence-electron chi connectivity index (χ0n) is 11.7. The van der Waals surface area contributed by atoms with E-state index in [9.17, 15) is 4.79 Å². The molecular weight excluding hydrogens is 268 g/mol. The van der Waals surface area contributed by atoms with Gasteiger partial charge in [-0.25, -0.2) is 0 Å². The Balaban J connectivity index is 1.86. The Labute approximate surface area is 122 Å². The van der Waals surface area contributed by atoms with E-state index in [1.165, 1.54) is 0 Å². The number of anilines is 2. The molecule has 108 valence electrons. The molecule has 1 amide bonds. The largest absolute Gasteiger partial charge is 0.486 e. The molecule has 2 N–H and O–H groups in total. The first kappa shape index (κ1) is 13.3. The third-order valence-electron chi connectivity index (χ3n) is 3.37. The average molecular weight is 284 g/mol. The number of nitrogens with two attached hydrogens (primary N) is 1. The molecule has 1 aliphatic rings. The van der Waals surface area contributed by atoms with Crippen LogP contribution in [0.15, 0.2) is 42.5 Å². The molecule has 2 aromatic carbocycles. The maximum atomic E-state index is 12.5. The van der Waals surface area contributed by atoms with Crippen LogP contribution in [0.1, 0.15) is 10.4 Å². The lowest BCUT2D eigenvalue weighted by molar-refractivity contribution is 0.0991. The Hall–Kier alpha value is -2.69. The molecule has 0 radical (unpaired) electrons. The molecule has 2 aromatic rings. The molecule has 3 rings (SSSR count). The van der Waals surface area contributed by atoms with Crippen LogP contribution in [0.25, 0.3) is 0 Å². The number of hydrogen-bond acceptors (Lipinski definition) is 4. The highest BCUT2D eigenvalue weighted by molar-refractivity contribution is 6.06. The normalized spacial score (nSPS) is 12.8. The van der Waals surface area contributed by atoms with E-state index in [4.69, 9.17) is 15.2 Å². The van der Waals surface area contributed by atoms with Gasteiger partial charge >= 0.3 is 0 Å². The summed E-state index contributed by atoms with van der Waals surface area (Å²) in [6.07, 6.45) is 0. The van der Waals surface area contributed by atoms with E-state index in [1.54, 1.807) is 42.3 Å². The Bertz CT molecular complexity index is 668. The number of nitrogens with zero attached hydrogens (tertiary/aromatic N) is 1. The maximum Gasteiger partial charge on any atom is 0.258 e. The van der Waals surface area contributed by atoms with Gasteiger partial charge in [0.05, 0.1) is 0 Å². The number of fused-ring (bicyclic) bond motifs is 1. The summed E-state index contributed by atoms with van der Waals surface area (Å²) in [6.45, 7) is 1.03. The van der Waals surface area contributed by atoms with Crippen molar-refractivity contribution in [1.29, 1.82) is 0 Å². The third-order valence-corrected chi connectivity index (χ3v) is 3.37. The number of carbonyl (C=O) groups excluding carboxylic acids is 1. The minimum atomic E-state index is -0.114. The summed E-state index contributed by atoms with van der Waals surface area (Å²) in [7, 11) is 1.73. The van der Waals surface area contributed by atoms with Crippen molar-refractivity contribution < 1.29 is 14.3 Å². The van der Waals surface area contributed by atoms with Gasteiger partial charge in [-0.2, -0.15) is 0 Å². The molecule has 0 atom stereocenters. The fraction of sp³-hybridized carbons (Fsp3) is 0.188. The van der Waals surface area contributed by atoms with Crippen LogP contribution in [0.3, 0.4) is 0 Å². The summed E-state index contributed by atoms with van der Waals surface area (Å²) < 4.78 is 11.0. The number of hydrogen-bond donors (Lipinski definition) is 1. The first-order valence-corrected chi connectivity index (χ1v) is 6.68. The van der Waals surface area contributed by atoms with E-state index in [1.807, 2.05) is 12.1 Å². The van der Waals surface area contributed by atoms with E-state index < -0.39 is 0 Å². The number of benzene rings is 2. The van der Waals surface area contributed by atoms with E-state index in [0.29, 0.717) is 36.0 Å². The van der Waals surface area contributed by atoms with E-state index in [0.717, 1.165) is 5.69 Å². The quantitative estimate of drug-likeness (QED) is 0.860. The first-order valence-electron chi connectivity index (χ1n) is 6.68. The molecule has 5 heteroatoms. The smallest absolute Gasteiger partial charge is 0.258 e. The molecule has 0 fully saturated rings. The monoisotopic (exact) mass is 284 g/mol. The van der Waals surface area contributed by atoms with E-state index >= 15 is 0 Å². The van der Waals surface area contributed by atoms with Crippen molar-refractivity contribution in [2.24, 2.45) is 0 Å². The van der Waals surface area contributed by atoms with Crippen LogP contribution in [-0.2, 0) is 0 Å². The molecule has 0 bridgehead atoms. The van der Waals surface area contributed by atoms with Crippen molar-refractivity contribution in [2.45, 2.75) is 0 Å². The van der Waals surface area contributed by atoms with E-state index in [2.05, 4.69) is 0 Å². The summed E-state index contributed by atoms with van der Waals surface area (Å²) >= 11 is 0. The second kappa shape index (κ2) is 5.36. The topological polar surface area (TPSA) is 64.8 Å².